The Hall–Kier alpha value is -4.95. The lowest BCUT2D eigenvalue weighted by Gasteiger charge is -2.35. The number of rotatable bonds is 4. The highest BCUT2D eigenvalue weighted by Gasteiger charge is 2.25. The summed E-state index contributed by atoms with van der Waals surface area (Å²) in [5.41, 5.74) is 2.85. The van der Waals surface area contributed by atoms with Gasteiger partial charge in [-0.25, -0.2) is 14.9 Å². The highest BCUT2D eigenvalue weighted by Crippen LogP contribution is 2.30. The number of fused-ring (bicyclic) bond motifs is 2. The Morgan fingerprint density at radius 3 is 2.57 bits per heavy atom. The van der Waals surface area contributed by atoms with Crippen LogP contribution >= 0.6 is 0 Å². The van der Waals surface area contributed by atoms with Crippen molar-refractivity contribution in [2.45, 2.75) is 6.42 Å². The number of aromatic amines is 1. The Morgan fingerprint density at radius 1 is 0.946 bits per heavy atom. The van der Waals surface area contributed by atoms with Gasteiger partial charge in [-0.05, 0) is 35.9 Å². The van der Waals surface area contributed by atoms with Gasteiger partial charge in [0, 0.05) is 43.5 Å². The second-order valence-corrected chi connectivity index (χ2v) is 8.99. The van der Waals surface area contributed by atoms with E-state index in [9.17, 15) is 14.4 Å². The quantitative estimate of drug-likeness (QED) is 0.371. The minimum Gasteiger partial charge on any atom is -0.353 e. The lowest BCUT2D eigenvalue weighted by molar-refractivity contribution is 0.0746. The molecule has 2 aliphatic heterocycles. The fourth-order valence-electron chi connectivity index (χ4n) is 4.79. The van der Waals surface area contributed by atoms with Crippen LogP contribution < -0.4 is 21.1 Å². The molecule has 2 aromatic heterocycles. The molecule has 37 heavy (non-hydrogen) atoms. The van der Waals surface area contributed by atoms with Crippen LogP contribution in [0.5, 0.6) is 0 Å². The molecule has 0 atom stereocenters. The number of anilines is 3. The molecule has 6 rings (SSSR count). The molecule has 1 saturated heterocycles. The Bertz CT molecular complexity index is 1630. The Labute approximate surface area is 211 Å². The summed E-state index contributed by atoms with van der Waals surface area (Å²) < 4.78 is 0. The molecule has 10 nitrogen and oxygen atoms in total. The zero-order valence-electron chi connectivity index (χ0n) is 19.8. The molecule has 184 valence electrons. The van der Waals surface area contributed by atoms with Crippen LogP contribution in [0.25, 0.3) is 10.8 Å². The van der Waals surface area contributed by atoms with Crippen molar-refractivity contribution in [1.82, 2.24) is 20.1 Å². The lowest BCUT2D eigenvalue weighted by atomic mass is 10.0. The number of hydrogen-bond acceptors (Lipinski definition) is 8. The van der Waals surface area contributed by atoms with E-state index >= 15 is 0 Å². The van der Waals surface area contributed by atoms with Gasteiger partial charge in [-0.3, -0.25) is 9.59 Å². The van der Waals surface area contributed by atoms with Crippen molar-refractivity contribution in [3.63, 3.8) is 0 Å². The molecule has 1 fully saturated rings. The summed E-state index contributed by atoms with van der Waals surface area (Å²) in [7, 11) is 0. The highest BCUT2D eigenvalue weighted by molar-refractivity contribution is 5.94. The highest BCUT2D eigenvalue weighted by atomic mass is 16.2. The van der Waals surface area contributed by atoms with Crippen molar-refractivity contribution < 1.29 is 9.59 Å². The number of nitrogens with one attached hydrogen (secondary N) is 3. The molecule has 4 heterocycles. The van der Waals surface area contributed by atoms with Crippen molar-refractivity contribution >= 4 is 39.9 Å². The van der Waals surface area contributed by atoms with E-state index < -0.39 is 0 Å². The zero-order valence-corrected chi connectivity index (χ0v) is 19.8. The largest absolute Gasteiger partial charge is 0.353 e. The Morgan fingerprint density at radius 2 is 1.76 bits per heavy atom. The minimum absolute atomic E-state index is 0.0191. The van der Waals surface area contributed by atoms with Gasteiger partial charge < -0.3 is 20.4 Å². The third-order valence-electron chi connectivity index (χ3n) is 6.70. The SMILES string of the molecule is O=C=C1Nc2ccc(N3CCN(C(=O)c4cccc(Cc5n[nH]c(=O)c6ccccc56)c4)CC3)nc2N1. The minimum atomic E-state index is -0.215. The number of H-pyrrole nitrogens is 1. The summed E-state index contributed by atoms with van der Waals surface area (Å²) in [6.45, 7) is 2.43. The average molecular weight is 494 g/mol. The molecule has 1 amide bonds. The fourth-order valence-corrected chi connectivity index (χ4v) is 4.79. The molecule has 4 aromatic rings. The molecule has 0 unspecified atom stereocenters. The summed E-state index contributed by atoms with van der Waals surface area (Å²) in [4.78, 5) is 44.8. The molecule has 2 aliphatic rings. The van der Waals surface area contributed by atoms with Crippen LogP contribution in [0.2, 0.25) is 0 Å². The van der Waals surface area contributed by atoms with Gasteiger partial charge in [-0.1, -0.05) is 30.3 Å². The van der Waals surface area contributed by atoms with E-state index in [-0.39, 0.29) is 17.3 Å². The van der Waals surface area contributed by atoms with Crippen LogP contribution in [0.3, 0.4) is 0 Å². The predicted molar refractivity (Wildman–Crippen MR) is 140 cm³/mol. The number of benzene rings is 2. The van der Waals surface area contributed by atoms with E-state index in [0.717, 1.165) is 28.1 Å². The van der Waals surface area contributed by atoms with E-state index in [1.54, 1.807) is 12.0 Å². The van der Waals surface area contributed by atoms with E-state index in [1.807, 2.05) is 59.5 Å². The van der Waals surface area contributed by atoms with Crippen LogP contribution in [0.1, 0.15) is 21.6 Å². The van der Waals surface area contributed by atoms with Gasteiger partial charge in [0.2, 0.25) is 0 Å². The standard InChI is InChI=1S/C27H23N7O3/c35-16-23-28-21-8-9-24(30-25(21)29-23)33-10-12-34(13-11-33)27(37)18-5-3-4-17(14-18)15-22-19-6-1-2-7-20(19)26(36)32-31-22/h1-9,14,28H,10-13,15H2,(H,29,30)(H,32,36). The normalized spacial score (nSPS) is 14.6. The van der Waals surface area contributed by atoms with Gasteiger partial charge in [0.25, 0.3) is 11.5 Å². The van der Waals surface area contributed by atoms with Gasteiger partial charge in [0.05, 0.1) is 16.8 Å². The monoisotopic (exact) mass is 493 g/mol. The molecule has 0 saturated carbocycles. The molecular formula is C27H23N7O3. The van der Waals surface area contributed by atoms with Gasteiger partial charge in [-0.2, -0.15) is 5.10 Å². The fraction of sp³-hybridized carbons (Fsp3) is 0.185. The van der Waals surface area contributed by atoms with Crippen molar-refractivity contribution in [2.75, 3.05) is 41.7 Å². The maximum atomic E-state index is 13.3. The smallest absolute Gasteiger partial charge is 0.272 e. The van der Waals surface area contributed by atoms with Crippen LogP contribution in [0, 0.1) is 0 Å². The topological polar surface area (TPSA) is 123 Å². The average Bonchev–Trinajstić information content (AvgIpc) is 3.37. The summed E-state index contributed by atoms with van der Waals surface area (Å²) >= 11 is 0. The van der Waals surface area contributed by atoms with E-state index in [2.05, 4.69) is 30.7 Å². The second-order valence-electron chi connectivity index (χ2n) is 8.99. The van der Waals surface area contributed by atoms with Gasteiger partial charge in [0.1, 0.15) is 5.82 Å². The molecule has 0 spiro atoms. The number of hydrogen-bond donors (Lipinski definition) is 3. The second kappa shape index (κ2) is 9.25. The van der Waals surface area contributed by atoms with Crippen LogP contribution in [0.15, 0.2) is 71.3 Å². The molecule has 0 aliphatic carbocycles. The first kappa shape index (κ1) is 22.5. The maximum absolute atomic E-state index is 13.3. The molecular weight excluding hydrogens is 470 g/mol. The number of carbonyl (C=O) groups excluding carboxylic acids is 2. The van der Waals surface area contributed by atoms with E-state index in [0.29, 0.717) is 49.4 Å². The van der Waals surface area contributed by atoms with E-state index in [4.69, 9.17) is 0 Å². The van der Waals surface area contributed by atoms with Crippen LogP contribution in [-0.2, 0) is 11.2 Å². The number of aromatic nitrogens is 3. The van der Waals surface area contributed by atoms with Gasteiger partial charge in [-0.15, -0.1) is 0 Å². The van der Waals surface area contributed by atoms with Crippen molar-refractivity contribution in [3.05, 3.63) is 93.7 Å². The zero-order chi connectivity index (χ0) is 25.4. The molecule has 0 radical (unpaired) electrons. The molecule has 3 N–H and O–H groups in total. The number of pyridine rings is 1. The lowest BCUT2D eigenvalue weighted by Crippen LogP contribution is -2.49. The molecule has 10 heteroatoms. The third kappa shape index (κ3) is 4.30. The Kier molecular flexibility index (Phi) is 5.63. The summed E-state index contributed by atoms with van der Waals surface area (Å²) in [5.74, 6) is 3.41. The molecule has 2 aromatic carbocycles. The van der Waals surface area contributed by atoms with Gasteiger partial charge >= 0.3 is 0 Å². The predicted octanol–water partition coefficient (Wildman–Crippen LogP) is 2.38. The van der Waals surface area contributed by atoms with Crippen molar-refractivity contribution in [3.8, 4) is 0 Å². The number of carbonyl (C=O) groups is 1. The van der Waals surface area contributed by atoms with Crippen molar-refractivity contribution in [2.24, 2.45) is 0 Å². The maximum Gasteiger partial charge on any atom is 0.272 e. The van der Waals surface area contributed by atoms with Crippen LogP contribution in [-0.4, -0.2) is 58.1 Å². The number of amides is 1. The van der Waals surface area contributed by atoms with Gasteiger partial charge in [0.15, 0.2) is 17.6 Å². The number of nitrogens with zero attached hydrogens (tertiary/aromatic N) is 4. The van der Waals surface area contributed by atoms with E-state index in [1.165, 1.54) is 0 Å². The van der Waals surface area contributed by atoms with Crippen LogP contribution in [0.4, 0.5) is 17.3 Å². The summed E-state index contributed by atoms with van der Waals surface area (Å²) in [6, 6.07) is 18.7. The summed E-state index contributed by atoms with van der Waals surface area (Å²) in [5, 5.41) is 14.1. The molecule has 0 bridgehead atoms. The first-order chi connectivity index (χ1) is 18.1. The number of piperazine rings is 1. The first-order valence-corrected chi connectivity index (χ1v) is 12.0. The Balaban J connectivity index is 1.14. The third-order valence-corrected chi connectivity index (χ3v) is 6.70. The van der Waals surface area contributed by atoms with Crippen molar-refractivity contribution in [1.29, 1.82) is 0 Å². The first-order valence-electron chi connectivity index (χ1n) is 12.0. The summed E-state index contributed by atoms with van der Waals surface area (Å²) in [6.07, 6.45) is 0.500.